The van der Waals surface area contributed by atoms with Gasteiger partial charge in [0, 0.05) is 17.1 Å². The molecule has 3 rings (SSSR count). The van der Waals surface area contributed by atoms with Gasteiger partial charge in [0.2, 0.25) is 0 Å². The second-order valence-electron chi connectivity index (χ2n) is 5.27. The molecule has 1 heterocycles. The standard InChI is InChI=1S/C17H18ClN/c1-12-16(11-18)8-9-17(19-12)15-7-6-13-4-2-3-5-14(13)10-15/h6-10H,2-5,11H2,1H3. The third-order valence-corrected chi connectivity index (χ3v) is 4.27. The van der Waals surface area contributed by atoms with Gasteiger partial charge in [-0.2, -0.15) is 0 Å². The fourth-order valence-electron chi connectivity index (χ4n) is 2.78. The predicted molar refractivity (Wildman–Crippen MR) is 80.6 cm³/mol. The van der Waals surface area contributed by atoms with Crippen molar-refractivity contribution in [1.29, 1.82) is 0 Å². The van der Waals surface area contributed by atoms with Crippen molar-refractivity contribution in [1.82, 2.24) is 4.98 Å². The minimum atomic E-state index is 0.531. The normalized spacial score (nSPS) is 14.2. The van der Waals surface area contributed by atoms with Gasteiger partial charge in [-0.05, 0) is 61.4 Å². The topological polar surface area (TPSA) is 12.9 Å². The monoisotopic (exact) mass is 271 g/mol. The van der Waals surface area contributed by atoms with Crippen molar-refractivity contribution in [2.24, 2.45) is 0 Å². The molecule has 0 atom stereocenters. The van der Waals surface area contributed by atoms with Crippen LogP contribution in [0.2, 0.25) is 0 Å². The van der Waals surface area contributed by atoms with Crippen LogP contribution in [-0.4, -0.2) is 4.98 Å². The van der Waals surface area contributed by atoms with Gasteiger partial charge >= 0.3 is 0 Å². The Bertz CT molecular complexity index is 604. The zero-order chi connectivity index (χ0) is 13.2. The summed E-state index contributed by atoms with van der Waals surface area (Å²) < 4.78 is 0. The van der Waals surface area contributed by atoms with Crippen LogP contribution in [0.15, 0.2) is 30.3 Å². The first-order valence-electron chi connectivity index (χ1n) is 6.92. The van der Waals surface area contributed by atoms with Crippen molar-refractivity contribution in [3.05, 3.63) is 52.7 Å². The van der Waals surface area contributed by atoms with Crippen LogP contribution in [0, 0.1) is 6.92 Å². The van der Waals surface area contributed by atoms with Crippen molar-refractivity contribution in [2.45, 2.75) is 38.5 Å². The van der Waals surface area contributed by atoms with E-state index in [-0.39, 0.29) is 0 Å². The Morgan fingerprint density at radius 1 is 1.05 bits per heavy atom. The van der Waals surface area contributed by atoms with E-state index in [4.69, 9.17) is 11.6 Å². The molecule has 0 aliphatic heterocycles. The van der Waals surface area contributed by atoms with E-state index in [0.29, 0.717) is 5.88 Å². The lowest BCUT2D eigenvalue weighted by Crippen LogP contribution is -2.02. The molecule has 0 saturated heterocycles. The molecule has 1 aromatic heterocycles. The molecular weight excluding hydrogens is 254 g/mol. The molecule has 0 saturated carbocycles. The van der Waals surface area contributed by atoms with E-state index >= 15 is 0 Å². The Morgan fingerprint density at radius 2 is 1.84 bits per heavy atom. The van der Waals surface area contributed by atoms with E-state index in [2.05, 4.69) is 35.3 Å². The highest BCUT2D eigenvalue weighted by Gasteiger charge is 2.11. The molecule has 0 amide bonds. The summed E-state index contributed by atoms with van der Waals surface area (Å²) in [4.78, 5) is 4.68. The fourth-order valence-corrected chi connectivity index (χ4v) is 3.07. The molecule has 2 heteroatoms. The maximum atomic E-state index is 5.89. The van der Waals surface area contributed by atoms with Crippen LogP contribution in [0.1, 0.15) is 35.2 Å². The number of rotatable bonds is 2. The zero-order valence-electron chi connectivity index (χ0n) is 11.2. The van der Waals surface area contributed by atoms with Crippen LogP contribution in [0.25, 0.3) is 11.3 Å². The summed E-state index contributed by atoms with van der Waals surface area (Å²) in [5.74, 6) is 0.531. The molecule has 1 aromatic carbocycles. The van der Waals surface area contributed by atoms with Crippen molar-refractivity contribution in [3.63, 3.8) is 0 Å². The Hall–Kier alpha value is -1.34. The first-order valence-corrected chi connectivity index (χ1v) is 7.46. The van der Waals surface area contributed by atoms with Gasteiger partial charge in [-0.25, -0.2) is 0 Å². The highest BCUT2D eigenvalue weighted by molar-refractivity contribution is 6.17. The minimum Gasteiger partial charge on any atom is -0.253 e. The summed E-state index contributed by atoms with van der Waals surface area (Å²) in [6, 6.07) is 11.0. The molecule has 0 radical (unpaired) electrons. The van der Waals surface area contributed by atoms with E-state index in [9.17, 15) is 0 Å². The van der Waals surface area contributed by atoms with Crippen LogP contribution in [0.5, 0.6) is 0 Å². The molecular formula is C17H18ClN. The molecule has 1 aliphatic rings. The second kappa shape index (κ2) is 5.34. The number of nitrogens with zero attached hydrogens (tertiary/aromatic N) is 1. The molecule has 0 bridgehead atoms. The number of aromatic nitrogens is 1. The maximum Gasteiger partial charge on any atom is 0.0705 e. The van der Waals surface area contributed by atoms with Gasteiger partial charge in [-0.1, -0.05) is 18.2 Å². The number of benzene rings is 1. The number of hydrogen-bond acceptors (Lipinski definition) is 1. The van der Waals surface area contributed by atoms with Gasteiger partial charge in [0.15, 0.2) is 0 Å². The number of pyridine rings is 1. The van der Waals surface area contributed by atoms with Crippen LogP contribution in [-0.2, 0) is 18.7 Å². The molecule has 2 aromatic rings. The molecule has 0 unspecified atom stereocenters. The van der Waals surface area contributed by atoms with Gasteiger partial charge in [-0.15, -0.1) is 11.6 Å². The van der Waals surface area contributed by atoms with Gasteiger partial charge in [0.25, 0.3) is 0 Å². The quantitative estimate of drug-likeness (QED) is 0.723. The lowest BCUT2D eigenvalue weighted by atomic mass is 9.90. The summed E-state index contributed by atoms with van der Waals surface area (Å²) in [6.07, 6.45) is 5.08. The lowest BCUT2D eigenvalue weighted by molar-refractivity contribution is 0.686. The average Bonchev–Trinajstić information content (AvgIpc) is 2.46. The third-order valence-electron chi connectivity index (χ3n) is 3.98. The number of hydrogen-bond donors (Lipinski definition) is 0. The molecule has 1 nitrogen and oxygen atoms in total. The van der Waals surface area contributed by atoms with Crippen LogP contribution >= 0.6 is 11.6 Å². The van der Waals surface area contributed by atoms with Gasteiger partial charge in [0.1, 0.15) is 0 Å². The van der Waals surface area contributed by atoms with Crippen molar-refractivity contribution >= 4 is 11.6 Å². The summed E-state index contributed by atoms with van der Waals surface area (Å²) in [5.41, 5.74) is 7.45. The van der Waals surface area contributed by atoms with Gasteiger partial charge in [-0.3, -0.25) is 4.98 Å². The molecule has 0 fully saturated rings. The van der Waals surface area contributed by atoms with Crippen LogP contribution in [0.4, 0.5) is 0 Å². The Morgan fingerprint density at radius 3 is 2.58 bits per heavy atom. The maximum absolute atomic E-state index is 5.89. The Labute approximate surface area is 119 Å². The predicted octanol–water partition coefficient (Wildman–Crippen LogP) is 4.67. The largest absolute Gasteiger partial charge is 0.253 e. The zero-order valence-corrected chi connectivity index (χ0v) is 12.0. The average molecular weight is 272 g/mol. The summed E-state index contributed by atoms with van der Waals surface area (Å²) in [6.45, 7) is 2.03. The van der Waals surface area contributed by atoms with Crippen molar-refractivity contribution < 1.29 is 0 Å². The Kier molecular flexibility index (Phi) is 3.56. The van der Waals surface area contributed by atoms with Gasteiger partial charge < -0.3 is 0 Å². The van der Waals surface area contributed by atoms with E-state index in [0.717, 1.165) is 17.0 Å². The smallest absolute Gasteiger partial charge is 0.0705 e. The van der Waals surface area contributed by atoms with Crippen LogP contribution in [0.3, 0.4) is 0 Å². The highest BCUT2D eigenvalue weighted by atomic mass is 35.5. The first-order chi connectivity index (χ1) is 9.28. The molecule has 98 valence electrons. The summed E-state index contributed by atoms with van der Waals surface area (Å²) >= 11 is 5.89. The lowest BCUT2D eigenvalue weighted by Gasteiger charge is -2.16. The number of aryl methyl sites for hydroxylation is 3. The van der Waals surface area contributed by atoms with E-state index in [1.165, 1.54) is 42.4 Å². The van der Waals surface area contributed by atoms with E-state index in [1.807, 2.05) is 6.92 Å². The third kappa shape index (κ3) is 2.52. The highest BCUT2D eigenvalue weighted by Crippen LogP contribution is 2.27. The molecule has 0 N–H and O–H groups in total. The minimum absolute atomic E-state index is 0.531. The van der Waals surface area contributed by atoms with E-state index in [1.54, 1.807) is 0 Å². The van der Waals surface area contributed by atoms with Crippen LogP contribution < -0.4 is 0 Å². The van der Waals surface area contributed by atoms with E-state index < -0.39 is 0 Å². The first kappa shape index (κ1) is 12.7. The summed E-state index contributed by atoms with van der Waals surface area (Å²) in [5, 5.41) is 0. The number of fused-ring (bicyclic) bond motifs is 1. The SMILES string of the molecule is Cc1nc(-c2ccc3c(c2)CCCC3)ccc1CCl. The molecule has 1 aliphatic carbocycles. The van der Waals surface area contributed by atoms with Gasteiger partial charge in [0.05, 0.1) is 5.69 Å². The van der Waals surface area contributed by atoms with Crippen molar-refractivity contribution in [2.75, 3.05) is 0 Å². The Balaban J connectivity index is 2.00. The second-order valence-corrected chi connectivity index (χ2v) is 5.53. The number of halogens is 1. The number of alkyl halides is 1. The molecule has 0 spiro atoms. The van der Waals surface area contributed by atoms with Crippen molar-refractivity contribution in [3.8, 4) is 11.3 Å². The fraction of sp³-hybridized carbons (Fsp3) is 0.353. The summed E-state index contributed by atoms with van der Waals surface area (Å²) in [7, 11) is 0. The molecule has 19 heavy (non-hydrogen) atoms.